The smallest absolute Gasteiger partial charge is 0.136 e. The van der Waals surface area contributed by atoms with Gasteiger partial charge in [-0.2, -0.15) is 0 Å². The summed E-state index contributed by atoms with van der Waals surface area (Å²) in [5, 5.41) is 36.9. The number of ether oxygens (including phenoxy) is 4. The molecule has 8 heteroatoms. The molecule has 0 radical (unpaired) electrons. The van der Waals surface area contributed by atoms with Gasteiger partial charge in [-0.3, -0.25) is 4.90 Å². The average Bonchev–Trinajstić information content (AvgIpc) is 3.16. The fourth-order valence-corrected chi connectivity index (χ4v) is 11.1. The highest BCUT2D eigenvalue weighted by atomic mass is 16.5. The Kier molecular flexibility index (Phi) is 5.38. The highest BCUT2D eigenvalue weighted by Crippen LogP contribution is 2.78. The van der Waals surface area contributed by atoms with Gasteiger partial charge in [0.05, 0.1) is 37.1 Å². The largest absolute Gasteiger partial charge is 0.392 e. The molecule has 1 heterocycles. The lowest BCUT2D eigenvalue weighted by Gasteiger charge is -2.65. The van der Waals surface area contributed by atoms with E-state index in [4.69, 9.17) is 18.9 Å². The molecule has 0 amide bonds. The summed E-state index contributed by atoms with van der Waals surface area (Å²) in [5.74, 6) is -0.132. The molecule has 13 unspecified atom stereocenters. The molecule has 5 aliphatic carbocycles. The third-order valence-corrected chi connectivity index (χ3v) is 11.9. The molecular formula is C26H43NO7. The molecule has 1 spiro atoms. The molecule has 0 aromatic heterocycles. The van der Waals surface area contributed by atoms with Crippen molar-refractivity contribution >= 4 is 0 Å². The maximum atomic E-state index is 13.2. The number of piperidine rings is 1. The van der Waals surface area contributed by atoms with Gasteiger partial charge in [0.25, 0.3) is 0 Å². The van der Waals surface area contributed by atoms with Crippen LogP contribution in [0.25, 0.3) is 0 Å². The fourth-order valence-electron chi connectivity index (χ4n) is 11.1. The topological polar surface area (TPSA) is 101 Å². The lowest BCUT2D eigenvalue weighted by atomic mass is 9.46. The van der Waals surface area contributed by atoms with Crippen molar-refractivity contribution in [1.29, 1.82) is 0 Å². The van der Waals surface area contributed by atoms with Gasteiger partial charge in [0.1, 0.15) is 11.2 Å². The Bertz CT molecular complexity index is 829. The number of rotatable bonds is 6. The molecule has 1 saturated heterocycles. The Labute approximate surface area is 202 Å². The number of methoxy groups -OCH3 is 4. The number of fused-ring (bicyclic) bond motifs is 3. The first-order valence-electron chi connectivity index (χ1n) is 13.2. The van der Waals surface area contributed by atoms with E-state index < -0.39 is 34.9 Å². The summed E-state index contributed by atoms with van der Waals surface area (Å²) in [4.78, 5) is 2.40. The zero-order chi connectivity index (χ0) is 24.3. The van der Waals surface area contributed by atoms with Gasteiger partial charge in [-0.15, -0.1) is 0 Å². The molecule has 8 bridgehead atoms. The van der Waals surface area contributed by atoms with Gasteiger partial charge in [-0.05, 0) is 44.1 Å². The summed E-state index contributed by atoms with van der Waals surface area (Å²) >= 11 is 0. The van der Waals surface area contributed by atoms with E-state index in [2.05, 4.69) is 11.8 Å². The van der Waals surface area contributed by atoms with E-state index in [-0.39, 0.29) is 41.2 Å². The van der Waals surface area contributed by atoms with Crippen LogP contribution in [0.3, 0.4) is 0 Å². The number of likely N-dealkylation sites (N-methyl/N-ethyl adjacent to an activating group) is 1. The minimum Gasteiger partial charge on any atom is -0.392 e. The first kappa shape index (κ1) is 24.0. The molecule has 0 aromatic rings. The predicted octanol–water partition coefficient (Wildman–Crippen LogP) is 0.661. The van der Waals surface area contributed by atoms with Crippen LogP contribution in [0, 0.1) is 34.5 Å². The van der Waals surface area contributed by atoms with Gasteiger partial charge >= 0.3 is 0 Å². The summed E-state index contributed by atoms with van der Waals surface area (Å²) in [6.45, 7) is 4.27. The molecule has 8 nitrogen and oxygen atoms in total. The molecule has 34 heavy (non-hydrogen) atoms. The van der Waals surface area contributed by atoms with Gasteiger partial charge < -0.3 is 34.3 Å². The molecule has 13 atom stereocenters. The molecule has 6 aliphatic rings. The number of hydrogen-bond acceptors (Lipinski definition) is 8. The van der Waals surface area contributed by atoms with Crippen LogP contribution in [-0.4, -0.2) is 110 Å². The second-order valence-corrected chi connectivity index (χ2v) is 12.3. The monoisotopic (exact) mass is 481 g/mol. The van der Waals surface area contributed by atoms with Gasteiger partial charge in [-0.1, -0.05) is 6.92 Å². The van der Waals surface area contributed by atoms with Gasteiger partial charge in [0.15, 0.2) is 0 Å². The fraction of sp³-hybridized carbons (Fsp3) is 1.00. The standard InChI is InChI=1S/C26H43NO7/c1-6-27-12-23(13-31-2)8-7-18(28)25-16-9-14-17(32-3)11-24(34-5,10-15(16)19(14)29)26(30,22(25)27)21(33-4)20(23)25/h14-22,28-30H,6-13H2,1-5H3. The lowest BCUT2D eigenvalue weighted by Crippen LogP contribution is -2.74. The van der Waals surface area contributed by atoms with Crippen molar-refractivity contribution in [1.82, 2.24) is 4.90 Å². The molecule has 5 saturated carbocycles. The number of aliphatic hydroxyl groups excluding tert-OH is 2. The van der Waals surface area contributed by atoms with Gasteiger partial charge in [0, 0.05) is 64.1 Å². The minimum atomic E-state index is -1.36. The van der Waals surface area contributed by atoms with Crippen molar-refractivity contribution in [2.75, 3.05) is 48.1 Å². The van der Waals surface area contributed by atoms with Crippen LogP contribution in [0.5, 0.6) is 0 Å². The lowest BCUT2D eigenvalue weighted by molar-refractivity contribution is -0.244. The molecular weight excluding hydrogens is 438 g/mol. The van der Waals surface area contributed by atoms with Crippen molar-refractivity contribution in [3.63, 3.8) is 0 Å². The second-order valence-electron chi connectivity index (χ2n) is 12.3. The second kappa shape index (κ2) is 7.60. The molecule has 6 fully saturated rings. The highest BCUT2D eigenvalue weighted by Gasteiger charge is 2.88. The number of hydrogen-bond donors (Lipinski definition) is 3. The Morgan fingerprint density at radius 2 is 1.79 bits per heavy atom. The van der Waals surface area contributed by atoms with Crippen LogP contribution in [0.1, 0.15) is 39.0 Å². The van der Waals surface area contributed by atoms with E-state index in [1.807, 2.05) is 0 Å². The zero-order valence-corrected chi connectivity index (χ0v) is 21.3. The van der Waals surface area contributed by atoms with Crippen LogP contribution in [0.15, 0.2) is 0 Å². The summed E-state index contributed by atoms with van der Waals surface area (Å²) in [5.41, 5.74) is -3.16. The molecule has 6 rings (SSSR count). The van der Waals surface area contributed by atoms with E-state index >= 15 is 0 Å². The molecule has 0 aromatic carbocycles. The van der Waals surface area contributed by atoms with Crippen LogP contribution in [-0.2, 0) is 18.9 Å². The maximum Gasteiger partial charge on any atom is 0.136 e. The molecule has 3 N–H and O–H groups in total. The van der Waals surface area contributed by atoms with Crippen molar-refractivity contribution in [2.45, 2.75) is 80.7 Å². The first-order valence-corrected chi connectivity index (χ1v) is 13.2. The molecule has 1 aliphatic heterocycles. The van der Waals surface area contributed by atoms with Gasteiger partial charge in [-0.25, -0.2) is 0 Å². The van der Waals surface area contributed by atoms with Crippen LogP contribution in [0.4, 0.5) is 0 Å². The van der Waals surface area contributed by atoms with E-state index in [0.717, 1.165) is 25.9 Å². The Morgan fingerprint density at radius 3 is 2.41 bits per heavy atom. The quantitative estimate of drug-likeness (QED) is 0.509. The normalized spacial score (nSPS) is 59.8. The Morgan fingerprint density at radius 1 is 1.03 bits per heavy atom. The van der Waals surface area contributed by atoms with E-state index in [9.17, 15) is 15.3 Å². The SMILES string of the molecule is CCN1CC2(COC)CCC(O)C34C5CC6C(OC)CC(OC)(CC5C6O)C(O)(C(OC)C23)C14. The van der Waals surface area contributed by atoms with Crippen molar-refractivity contribution in [2.24, 2.45) is 34.5 Å². The predicted molar refractivity (Wildman–Crippen MR) is 123 cm³/mol. The third kappa shape index (κ3) is 2.35. The van der Waals surface area contributed by atoms with Crippen molar-refractivity contribution in [3.8, 4) is 0 Å². The van der Waals surface area contributed by atoms with E-state index in [1.54, 1.807) is 28.4 Å². The Hall–Kier alpha value is -0.320. The van der Waals surface area contributed by atoms with Crippen LogP contribution >= 0.6 is 0 Å². The van der Waals surface area contributed by atoms with Crippen molar-refractivity contribution < 1.29 is 34.3 Å². The zero-order valence-electron chi connectivity index (χ0n) is 21.3. The van der Waals surface area contributed by atoms with Crippen molar-refractivity contribution in [3.05, 3.63) is 0 Å². The summed E-state index contributed by atoms with van der Waals surface area (Å²) in [6, 6.07) is -0.322. The number of likely N-dealkylation sites (tertiary alicyclic amines) is 1. The number of aliphatic hydroxyl groups is 3. The van der Waals surface area contributed by atoms with Crippen LogP contribution in [0.2, 0.25) is 0 Å². The minimum absolute atomic E-state index is 0.0305. The molecule has 194 valence electrons. The van der Waals surface area contributed by atoms with Crippen LogP contribution < -0.4 is 0 Å². The third-order valence-electron chi connectivity index (χ3n) is 11.9. The maximum absolute atomic E-state index is 13.2. The summed E-state index contributed by atoms with van der Waals surface area (Å²) < 4.78 is 24.6. The van der Waals surface area contributed by atoms with E-state index in [1.165, 1.54) is 0 Å². The summed E-state index contributed by atoms with van der Waals surface area (Å²) in [6.07, 6.45) is 1.51. The summed E-state index contributed by atoms with van der Waals surface area (Å²) in [7, 11) is 6.85. The highest BCUT2D eigenvalue weighted by molar-refractivity contribution is 5.38. The number of nitrogens with zero attached hydrogens (tertiary/aromatic N) is 1. The Balaban J connectivity index is 1.70. The average molecular weight is 482 g/mol. The first-order chi connectivity index (χ1) is 16.3. The van der Waals surface area contributed by atoms with E-state index in [0.29, 0.717) is 25.9 Å². The van der Waals surface area contributed by atoms with Gasteiger partial charge in [0.2, 0.25) is 0 Å².